The van der Waals surface area contributed by atoms with Gasteiger partial charge >= 0.3 is 0 Å². The Kier molecular flexibility index (Phi) is 3.45. The largest absolute Gasteiger partial charge is 0.319 e. The molecule has 0 aromatic rings. The molecule has 1 rings (SSSR count). The maximum atomic E-state index is 11.9. The van der Waals surface area contributed by atoms with Gasteiger partial charge in [0.2, 0.25) is 0 Å². The van der Waals surface area contributed by atoms with Gasteiger partial charge in [-0.05, 0) is 26.8 Å². The zero-order chi connectivity index (χ0) is 9.90. The Bertz CT molecular complexity index is 185. The summed E-state index contributed by atoms with van der Waals surface area (Å²) in [7, 11) is 1.80. The molecule has 0 aliphatic heterocycles. The third-order valence-corrected chi connectivity index (χ3v) is 3.06. The molecular weight excluding hydrogens is 164 g/mol. The zero-order valence-corrected chi connectivity index (χ0v) is 8.60. The molecule has 3 heteroatoms. The van der Waals surface area contributed by atoms with E-state index in [1.54, 1.807) is 7.05 Å². The normalized spacial score (nSPS) is 23.9. The number of rotatable bonds is 3. The summed E-state index contributed by atoms with van der Waals surface area (Å²) in [6, 6.07) is -0.108. The SMILES string of the molecule is CN[C@H](C)C(=O)C1(N)CCCCC1. The number of carbonyl (C=O) groups excluding carboxylic acids is 1. The molecule has 0 heterocycles. The molecule has 0 radical (unpaired) electrons. The highest BCUT2D eigenvalue weighted by Gasteiger charge is 2.36. The van der Waals surface area contributed by atoms with E-state index in [0.29, 0.717) is 0 Å². The smallest absolute Gasteiger partial charge is 0.169 e. The number of carbonyl (C=O) groups is 1. The van der Waals surface area contributed by atoms with E-state index in [4.69, 9.17) is 5.73 Å². The van der Waals surface area contributed by atoms with Gasteiger partial charge in [0.25, 0.3) is 0 Å². The molecule has 1 aliphatic carbocycles. The Balaban J connectivity index is 2.61. The molecule has 1 aliphatic rings. The molecule has 1 saturated carbocycles. The molecule has 1 atom stereocenters. The minimum Gasteiger partial charge on any atom is -0.319 e. The second kappa shape index (κ2) is 4.20. The summed E-state index contributed by atoms with van der Waals surface area (Å²) in [5.41, 5.74) is 5.55. The molecule has 13 heavy (non-hydrogen) atoms. The van der Waals surface area contributed by atoms with Crippen LogP contribution in [-0.4, -0.2) is 24.4 Å². The summed E-state index contributed by atoms with van der Waals surface area (Å²) >= 11 is 0. The maximum Gasteiger partial charge on any atom is 0.169 e. The minimum atomic E-state index is -0.541. The predicted octanol–water partition coefficient (Wildman–Crippen LogP) is 0.825. The number of Topliss-reactive ketones (excluding diaryl/α,β-unsaturated/α-hetero) is 1. The van der Waals surface area contributed by atoms with Crippen molar-refractivity contribution in [1.82, 2.24) is 5.32 Å². The van der Waals surface area contributed by atoms with Crippen molar-refractivity contribution in [3.8, 4) is 0 Å². The van der Waals surface area contributed by atoms with Crippen LogP contribution in [0.4, 0.5) is 0 Å². The first-order chi connectivity index (χ1) is 6.10. The Morgan fingerprint density at radius 2 is 1.92 bits per heavy atom. The molecule has 0 spiro atoms. The molecule has 0 aromatic heterocycles. The lowest BCUT2D eigenvalue weighted by molar-refractivity contribution is -0.126. The molecule has 3 nitrogen and oxygen atoms in total. The average Bonchev–Trinajstić information content (AvgIpc) is 2.16. The lowest BCUT2D eigenvalue weighted by Crippen LogP contribution is -2.55. The summed E-state index contributed by atoms with van der Waals surface area (Å²) in [5.74, 6) is 0.176. The first-order valence-corrected chi connectivity index (χ1v) is 5.10. The standard InChI is InChI=1S/C10H20N2O/c1-8(12-2)9(13)10(11)6-4-3-5-7-10/h8,12H,3-7,11H2,1-2H3/t8-/m1/s1. The third kappa shape index (κ3) is 2.29. The highest BCUT2D eigenvalue weighted by molar-refractivity contribution is 5.92. The predicted molar refractivity (Wildman–Crippen MR) is 53.5 cm³/mol. The molecular formula is C10H20N2O. The van der Waals surface area contributed by atoms with Gasteiger partial charge < -0.3 is 11.1 Å². The van der Waals surface area contributed by atoms with Crippen LogP contribution in [0.2, 0.25) is 0 Å². The van der Waals surface area contributed by atoms with Crippen molar-refractivity contribution in [2.24, 2.45) is 5.73 Å². The first kappa shape index (κ1) is 10.7. The van der Waals surface area contributed by atoms with Gasteiger partial charge in [0, 0.05) is 0 Å². The van der Waals surface area contributed by atoms with Crippen LogP contribution in [0.15, 0.2) is 0 Å². The number of likely N-dealkylation sites (N-methyl/N-ethyl adjacent to an activating group) is 1. The monoisotopic (exact) mass is 184 g/mol. The number of hydrogen-bond acceptors (Lipinski definition) is 3. The van der Waals surface area contributed by atoms with E-state index in [9.17, 15) is 4.79 Å². The fourth-order valence-electron chi connectivity index (χ4n) is 1.99. The van der Waals surface area contributed by atoms with Crippen molar-refractivity contribution in [3.63, 3.8) is 0 Å². The number of nitrogens with one attached hydrogen (secondary N) is 1. The van der Waals surface area contributed by atoms with Crippen LogP contribution in [0.1, 0.15) is 39.0 Å². The average molecular weight is 184 g/mol. The Morgan fingerprint density at radius 3 is 2.38 bits per heavy atom. The summed E-state index contributed by atoms with van der Waals surface area (Å²) in [6.45, 7) is 1.88. The second-order valence-electron chi connectivity index (χ2n) is 4.09. The van der Waals surface area contributed by atoms with Crippen molar-refractivity contribution >= 4 is 5.78 Å². The van der Waals surface area contributed by atoms with Crippen LogP contribution in [0.5, 0.6) is 0 Å². The van der Waals surface area contributed by atoms with Crippen LogP contribution in [0.3, 0.4) is 0 Å². The molecule has 0 bridgehead atoms. The van der Waals surface area contributed by atoms with Gasteiger partial charge in [-0.2, -0.15) is 0 Å². The van der Waals surface area contributed by atoms with Crippen LogP contribution in [-0.2, 0) is 4.79 Å². The van der Waals surface area contributed by atoms with Crippen LogP contribution in [0.25, 0.3) is 0 Å². The van der Waals surface area contributed by atoms with E-state index in [0.717, 1.165) is 25.7 Å². The molecule has 0 unspecified atom stereocenters. The van der Waals surface area contributed by atoms with E-state index in [2.05, 4.69) is 5.32 Å². The molecule has 76 valence electrons. The van der Waals surface area contributed by atoms with Gasteiger partial charge in [-0.25, -0.2) is 0 Å². The number of nitrogens with two attached hydrogens (primary N) is 1. The van der Waals surface area contributed by atoms with E-state index in [1.807, 2.05) is 6.92 Å². The van der Waals surface area contributed by atoms with E-state index >= 15 is 0 Å². The van der Waals surface area contributed by atoms with Gasteiger partial charge in [0.05, 0.1) is 11.6 Å². The quantitative estimate of drug-likeness (QED) is 0.683. The summed E-state index contributed by atoms with van der Waals surface area (Å²) in [4.78, 5) is 11.9. The van der Waals surface area contributed by atoms with Crippen molar-refractivity contribution in [2.75, 3.05) is 7.05 Å². The van der Waals surface area contributed by atoms with Gasteiger partial charge in [0.15, 0.2) is 5.78 Å². The van der Waals surface area contributed by atoms with Crippen LogP contribution in [0, 0.1) is 0 Å². The van der Waals surface area contributed by atoms with Crippen molar-refractivity contribution in [1.29, 1.82) is 0 Å². The van der Waals surface area contributed by atoms with Crippen molar-refractivity contribution < 1.29 is 4.79 Å². The minimum absolute atomic E-state index is 0.108. The van der Waals surface area contributed by atoms with Crippen molar-refractivity contribution in [2.45, 2.75) is 50.6 Å². The van der Waals surface area contributed by atoms with Gasteiger partial charge in [0.1, 0.15) is 0 Å². The lowest BCUT2D eigenvalue weighted by atomic mass is 9.77. The summed E-state index contributed by atoms with van der Waals surface area (Å²) in [6.07, 6.45) is 5.13. The van der Waals surface area contributed by atoms with Crippen molar-refractivity contribution in [3.05, 3.63) is 0 Å². The van der Waals surface area contributed by atoms with E-state index in [1.165, 1.54) is 6.42 Å². The van der Waals surface area contributed by atoms with E-state index in [-0.39, 0.29) is 11.8 Å². The van der Waals surface area contributed by atoms with Gasteiger partial charge in [-0.1, -0.05) is 19.3 Å². The highest BCUT2D eigenvalue weighted by atomic mass is 16.1. The molecule has 0 aromatic carbocycles. The number of hydrogen-bond donors (Lipinski definition) is 2. The fraction of sp³-hybridized carbons (Fsp3) is 0.900. The topological polar surface area (TPSA) is 55.1 Å². The van der Waals surface area contributed by atoms with E-state index < -0.39 is 5.54 Å². The molecule has 0 saturated heterocycles. The number of ketones is 1. The molecule has 0 amide bonds. The highest BCUT2D eigenvalue weighted by Crippen LogP contribution is 2.27. The second-order valence-corrected chi connectivity index (χ2v) is 4.09. The summed E-state index contributed by atoms with van der Waals surface area (Å²) < 4.78 is 0. The lowest BCUT2D eigenvalue weighted by Gasteiger charge is -2.33. The van der Waals surface area contributed by atoms with Gasteiger partial charge in [-0.15, -0.1) is 0 Å². The van der Waals surface area contributed by atoms with Gasteiger partial charge in [-0.3, -0.25) is 4.79 Å². The zero-order valence-electron chi connectivity index (χ0n) is 8.60. The first-order valence-electron chi connectivity index (χ1n) is 5.10. The Hall–Kier alpha value is -0.410. The van der Waals surface area contributed by atoms with Crippen LogP contribution >= 0.6 is 0 Å². The fourth-order valence-corrected chi connectivity index (χ4v) is 1.99. The third-order valence-electron chi connectivity index (χ3n) is 3.06. The van der Waals surface area contributed by atoms with Crippen LogP contribution < -0.4 is 11.1 Å². The Labute approximate surface area is 80.1 Å². The maximum absolute atomic E-state index is 11.9. The molecule has 3 N–H and O–H groups in total. The molecule has 1 fully saturated rings. The summed E-state index contributed by atoms with van der Waals surface area (Å²) in [5, 5.41) is 2.96. The Morgan fingerprint density at radius 1 is 1.38 bits per heavy atom.